The number of nitrogens with zero attached hydrogens (tertiary/aromatic N) is 6. The predicted molar refractivity (Wildman–Crippen MR) is 114 cm³/mol. The summed E-state index contributed by atoms with van der Waals surface area (Å²) in [5.74, 6) is 0.182. The van der Waals surface area contributed by atoms with E-state index < -0.39 is 16.7 Å². The van der Waals surface area contributed by atoms with E-state index in [0.29, 0.717) is 28.2 Å². The second kappa shape index (κ2) is 8.18. The third-order valence-electron chi connectivity index (χ3n) is 4.27. The summed E-state index contributed by atoms with van der Waals surface area (Å²) in [6.07, 6.45) is 0.435. The molecule has 170 valence electrons. The van der Waals surface area contributed by atoms with Crippen LogP contribution in [0.15, 0.2) is 41.0 Å². The molecule has 3 aromatic heterocycles. The van der Waals surface area contributed by atoms with Crippen LogP contribution >= 0.6 is 0 Å². The molecule has 0 spiro atoms. The van der Waals surface area contributed by atoms with Gasteiger partial charge in [0.25, 0.3) is 0 Å². The minimum Gasteiger partial charge on any atom is -0.463 e. The number of hydrogen-bond donors (Lipinski definition) is 1. The smallest absolute Gasteiger partial charge is 0.463 e. The molecule has 0 amide bonds. The molecule has 0 aliphatic rings. The van der Waals surface area contributed by atoms with Gasteiger partial charge in [-0.05, 0) is 44.5 Å². The largest absolute Gasteiger partial charge is 0.514 e. The van der Waals surface area contributed by atoms with Crippen molar-refractivity contribution in [3.05, 3.63) is 52.3 Å². The highest BCUT2D eigenvalue weighted by molar-refractivity contribution is 5.85. The Morgan fingerprint density at radius 1 is 1.27 bits per heavy atom. The van der Waals surface area contributed by atoms with Crippen molar-refractivity contribution >= 4 is 29.0 Å². The Labute approximate surface area is 186 Å². The van der Waals surface area contributed by atoms with E-state index in [1.165, 1.54) is 29.1 Å². The van der Waals surface area contributed by atoms with Crippen LogP contribution in [0.25, 0.3) is 22.6 Å². The van der Waals surface area contributed by atoms with E-state index in [0.717, 1.165) is 0 Å². The van der Waals surface area contributed by atoms with Crippen LogP contribution in [0.2, 0.25) is 0 Å². The number of anilines is 1. The molecule has 0 aliphatic carbocycles. The molecule has 0 saturated carbocycles. The molecule has 1 aromatic carbocycles. The van der Waals surface area contributed by atoms with Gasteiger partial charge in [0, 0.05) is 6.07 Å². The van der Waals surface area contributed by atoms with E-state index in [2.05, 4.69) is 20.3 Å². The monoisotopic (exact) mass is 453 g/mol. The fourth-order valence-corrected chi connectivity index (χ4v) is 2.99. The number of hydrogen-bond acceptors (Lipinski definition) is 11. The first-order valence-electron chi connectivity index (χ1n) is 9.69. The van der Waals surface area contributed by atoms with Crippen molar-refractivity contribution in [2.24, 2.45) is 0 Å². The van der Waals surface area contributed by atoms with Crippen LogP contribution in [0, 0.1) is 10.1 Å². The van der Waals surface area contributed by atoms with Crippen LogP contribution in [-0.2, 0) is 11.3 Å². The summed E-state index contributed by atoms with van der Waals surface area (Å²) in [7, 11) is 0. The summed E-state index contributed by atoms with van der Waals surface area (Å²) in [6.45, 7) is 5.06. The van der Waals surface area contributed by atoms with Crippen LogP contribution in [0.1, 0.15) is 26.3 Å². The molecular formula is C20H19N7O6. The van der Waals surface area contributed by atoms with Crippen molar-refractivity contribution in [3.63, 3.8) is 0 Å². The minimum absolute atomic E-state index is 0.00454. The van der Waals surface area contributed by atoms with Crippen molar-refractivity contribution in [1.29, 1.82) is 0 Å². The van der Waals surface area contributed by atoms with Gasteiger partial charge in [0.2, 0.25) is 11.7 Å². The van der Waals surface area contributed by atoms with E-state index in [1.54, 1.807) is 32.9 Å². The normalized spacial score (nSPS) is 11.5. The van der Waals surface area contributed by atoms with Crippen molar-refractivity contribution in [2.45, 2.75) is 32.9 Å². The Morgan fingerprint density at radius 3 is 2.73 bits per heavy atom. The Bertz CT molecular complexity index is 1340. The molecule has 0 atom stereocenters. The van der Waals surface area contributed by atoms with E-state index >= 15 is 0 Å². The highest BCUT2D eigenvalue weighted by Gasteiger charge is 2.24. The molecule has 13 heteroatoms. The number of furan rings is 1. The zero-order valence-electron chi connectivity index (χ0n) is 17.9. The molecule has 33 heavy (non-hydrogen) atoms. The number of nitrogens with two attached hydrogens (primary N) is 1. The molecule has 4 rings (SSSR count). The molecule has 2 N–H and O–H groups in total. The van der Waals surface area contributed by atoms with Gasteiger partial charge in [0.1, 0.15) is 11.3 Å². The van der Waals surface area contributed by atoms with Crippen LogP contribution in [-0.4, -0.2) is 41.6 Å². The summed E-state index contributed by atoms with van der Waals surface area (Å²) < 4.78 is 17.0. The quantitative estimate of drug-likeness (QED) is 0.203. The van der Waals surface area contributed by atoms with E-state index in [-0.39, 0.29) is 23.9 Å². The molecule has 3 heterocycles. The first-order valence-corrected chi connectivity index (χ1v) is 9.69. The van der Waals surface area contributed by atoms with Gasteiger partial charge in [-0.15, -0.1) is 5.10 Å². The van der Waals surface area contributed by atoms with E-state index in [9.17, 15) is 14.9 Å². The van der Waals surface area contributed by atoms with Crippen LogP contribution < -0.4 is 10.5 Å². The molecule has 0 bridgehead atoms. The number of rotatable bonds is 5. The van der Waals surface area contributed by atoms with Crippen molar-refractivity contribution in [2.75, 3.05) is 5.73 Å². The number of fused-ring (bicyclic) bond motifs is 1. The minimum atomic E-state index is -1.06. The average Bonchev–Trinajstić information content (AvgIpc) is 3.36. The van der Waals surface area contributed by atoms with Gasteiger partial charge in [-0.1, -0.05) is 11.3 Å². The molecule has 13 nitrogen and oxygen atoms in total. The molecule has 0 saturated heterocycles. The van der Waals surface area contributed by atoms with Gasteiger partial charge < -0.3 is 19.6 Å². The lowest BCUT2D eigenvalue weighted by Crippen LogP contribution is -2.26. The van der Waals surface area contributed by atoms with Gasteiger partial charge in [0.15, 0.2) is 16.9 Å². The number of carbonyl (C=O) groups is 1. The number of nitro benzene ring substituents is 1. The highest BCUT2D eigenvalue weighted by atomic mass is 16.7. The lowest BCUT2D eigenvalue weighted by molar-refractivity contribution is -0.385. The number of nitro groups is 1. The van der Waals surface area contributed by atoms with Gasteiger partial charge in [-0.2, -0.15) is 4.98 Å². The molecule has 0 fully saturated rings. The zero-order chi connectivity index (χ0) is 23.8. The van der Waals surface area contributed by atoms with Crippen LogP contribution in [0.5, 0.6) is 5.75 Å². The Kier molecular flexibility index (Phi) is 5.37. The number of benzene rings is 1. The molecule has 0 aliphatic heterocycles. The summed E-state index contributed by atoms with van der Waals surface area (Å²) in [5.41, 5.74) is 6.25. The first-order chi connectivity index (χ1) is 15.6. The molecule has 0 unspecified atom stereocenters. The number of aromatic nitrogens is 5. The Balaban J connectivity index is 1.68. The topological polar surface area (TPSA) is 174 Å². The maximum absolute atomic E-state index is 12.1. The third kappa shape index (κ3) is 4.71. The van der Waals surface area contributed by atoms with Gasteiger partial charge >= 0.3 is 11.8 Å². The highest BCUT2D eigenvalue weighted by Crippen LogP contribution is 2.30. The molecule has 4 aromatic rings. The fourth-order valence-electron chi connectivity index (χ4n) is 2.99. The lowest BCUT2D eigenvalue weighted by Gasteiger charge is -2.18. The van der Waals surface area contributed by atoms with Gasteiger partial charge in [-0.3, -0.25) is 10.1 Å². The number of nitrogen functional groups attached to an aromatic ring is 1. The Hall–Kier alpha value is -4.55. The third-order valence-corrected chi connectivity index (χ3v) is 4.27. The number of carbonyl (C=O) groups excluding carboxylic acids is 1. The van der Waals surface area contributed by atoms with E-state index in [1.807, 2.05) is 0 Å². The van der Waals surface area contributed by atoms with Crippen molar-refractivity contribution in [3.8, 4) is 17.2 Å². The van der Waals surface area contributed by atoms with Gasteiger partial charge in [0.05, 0.1) is 17.7 Å². The standard InChI is InChI=1S/C20H19N7O6/c1-20(2,3)33-19(28)32-14-9-11(6-7-12(14)27(29)30)10-26-17-16(24-25-26)15(22-18(21)23-17)13-5-4-8-31-13/h4-9H,10H2,1-3H3,(H2,21,22,23). The van der Waals surface area contributed by atoms with E-state index in [4.69, 9.17) is 19.6 Å². The maximum Gasteiger partial charge on any atom is 0.514 e. The predicted octanol–water partition coefficient (Wildman–Crippen LogP) is 3.33. The number of ether oxygens (including phenoxy) is 2. The fraction of sp³-hybridized carbons (Fsp3) is 0.250. The first kappa shape index (κ1) is 21.7. The molecular weight excluding hydrogens is 434 g/mol. The lowest BCUT2D eigenvalue weighted by atomic mass is 10.2. The second-order valence-electron chi connectivity index (χ2n) is 7.95. The van der Waals surface area contributed by atoms with Gasteiger partial charge in [-0.25, -0.2) is 14.5 Å². The molecule has 0 radical (unpaired) electrons. The zero-order valence-corrected chi connectivity index (χ0v) is 17.9. The van der Waals surface area contributed by atoms with Crippen LogP contribution in [0.4, 0.5) is 16.4 Å². The summed E-state index contributed by atoms with van der Waals surface area (Å²) in [6, 6.07) is 7.49. The summed E-state index contributed by atoms with van der Waals surface area (Å²) >= 11 is 0. The SMILES string of the molecule is CC(C)(C)OC(=O)Oc1cc(Cn2nnc3c(-c4ccco4)nc(N)nc32)ccc1[N+](=O)[O-]. The summed E-state index contributed by atoms with van der Waals surface area (Å²) in [5, 5.41) is 19.6. The maximum atomic E-state index is 12.1. The van der Waals surface area contributed by atoms with Crippen LogP contribution in [0.3, 0.4) is 0 Å². The van der Waals surface area contributed by atoms with Crippen molar-refractivity contribution in [1.82, 2.24) is 25.0 Å². The Morgan fingerprint density at radius 2 is 2.06 bits per heavy atom. The second-order valence-corrected chi connectivity index (χ2v) is 7.95. The average molecular weight is 453 g/mol. The van der Waals surface area contributed by atoms with Crippen molar-refractivity contribution < 1.29 is 23.6 Å². The summed E-state index contributed by atoms with van der Waals surface area (Å²) in [4.78, 5) is 31.2.